The first kappa shape index (κ1) is 19.1. The maximum absolute atomic E-state index is 13.2. The topological polar surface area (TPSA) is 44.8 Å². The molecule has 3 fully saturated rings. The van der Waals surface area contributed by atoms with Gasteiger partial charge in [-0.3, -0.25) is 9.69 Å². The van der Waals surface area contributed by atoms with Crippen molar-refractivity contribution < 1.29 is 9.53 Å². The van der Waals surface area contributed by atoms with Crippen molar-refractivity contribution in [3.05, 3.63) is 0 Å². The van der Waals surface area contributed by atoms with Gasteiger partial charge in [-0.15, -0.1) is 0 Å². The van der Waals surface area contributed by atoms with Crippen molar-refractivity contribution in [2.75, 3.05) is 53.0 Å². The maximum atomic E-state index is 13.2. The summed E-state index contributed by atoms with van der Waals surface area (Å²) in [6.45, 7) is 7.16. The molecule has 2 aliphatic heterocycles. The molecule has 1 atom stereocenters. The monoisotopic (exact) mass is 351 g/mol. The first-order chi connectivity index (χ1) is 12.2. The number of carbonyl (C=O) groups excluding carboxylic acids is 1. The fraction of sp³-hybridized carbons (Fsp3) is 0.950. The van der Waals surface area contributed by atoms with Gasteiger partial charge in [-0.05, 0) is 64.1 Å². The predicted octanol–water partition coefficient (Wildman–Crippen LogP) is 2.26. The Morgan fingerprint density at radius 1 is 1.08 bits per heavy atom. The highest BCUT2D eigenvalue weighted by molar-refractivity contribution is 5.86. The number of piperidine rings is 1. The van der Waals surface area contributed by atoms with Crippen molar-refractivity contribution in [1.82, 2.24) is 15.1 Å². The van der Waals surface area contributed by atoms with Gasteiger partial charge in [0.15, 0.2) is 0 Å². The molecule has 3 aliphatic rings. The lowest BCUT2D eigenvalue weighted by Gasteiger charge is -2.43. The molecule has 3 rings (SSSR count). The van der Waals surface area contributed by atoms with Crippen molar-refractivity contribution >= 4 is 5.91 Å². The molecule has 0 unspecified atom stereocenters. The average Bonchev–Trinajstić information content (AvgIpc) is 3.20. The van der Waals surface area contributed by atoms with E-state index in [1.54, 1.807) is 7.11 Å². The molecule has 144 valence electrons. The third kappa shape index (κ3) is 4.75. The van der Waals surface area contributed by atoms with E-state index in [-0.39, 0.29) is 5.54 Å². The Bertz CT molecular complexity index is 417. The van der Waals surface area contributed by atoms with Crippen LogP contribution in [0.5, 0.6) is 0 Å². The predicted molar refractivity (Wildman–Crippen MR) is 101 cm³/mol. The Kier molecular flexibility index (Phi) is 7.14. The molecule has 5 nitrogen and oxygen atoms in total. The van der Waals surface area contributed by atoms with Gasteiger partial charge in [0.05, 0.1) is 6.61 Å². The summed E-state index contributed by atoms with van der Waals surface area (Å²) in [6, 6.07) is 0. The van der Waals surface area contributed by atoms with Crippen LogP contribution >= 0.6 is 0 Å². The highest BCUT2D eigenvalue weighted by Crippen LogP contribution is 2.36. The van der Waals surface area contributed by atoms with Crippen molar-refractivity contribution in [3.63, 3.8) is 0 Å². The molecule has 0 radical (unpaired) electrons. The number of ether oxygens (including phenoxy) is 1. The van der Waals surface area contributed by atoms with Gasteiger partial charge in [-0.2, -0.15) is 0 Å². The fourth-order valence-corrected chi connectivity index (χ4v) is 5.11. The molecule has 1 saturated carbocycles. The molecule has 2 heterocycles. The molecule has 0 spiro atoms. The minimum Gasteiger partial charge on any atom is -0.383 e. The molecular formula is C20H37N3O2. The zero-order valence-corrected chi connectivity index (χ0v) is 16.1. The zero-order valence-electron chi connectivity index (χ0n) is 16.1. The number of likely N-dealkylation sites (tertiary alicyclic amines) is 2. The Hall–Kier alpha value is -0.650. The molecular weight excluding hydrogens is 314 g/mol. The quantitative estimate of drug-likeness (QED) is 0.764. The summed E-state index contributed by atoms with van der Waals surface area (Å²) in [7, 11) is 1.77. The van der Waals surface area contributed by atoms with E-state index in [0.29, 0.717) is 11.8 Å². The van der Waals surface area contributed by atoms with E-state index in [4.69, 9.17) is 4.74 Å². The minimum atomic E-state index is -0.195. The first-order valence-electron chi connectivity index (χ1n) is 10.5. The third-order valence-electron chi connectivity index (χ3n) is 6.58. The van der Waals surface area contributed by atoms with Gasteiger partial charge in [0.25, 0.3) is 0 Å². The van der Waals surface area contributed by atoms with E-state index in [9.17, 15) is 4.79 Å². The lowest BCUT2D eigenvalue weighted by Crippen LogP contribution is -2.59. The standard InChI is InChI=1S/C20H37N3O2/c1-25-15-14-22-11-7-8-18(17-22)16-21-19(24)20(9-3-2-4-10-20)23-12-5-6-13-23/h18H,2-17H2,1H3,(H,21,24)/t18-/m1/s1. The van der Waals surface area contributed by atoms with Crippen LogP contribution in [-0.4, -0.2) is 74.2 Å². The summed E-state index contributed by atoms with van der Waals surface area (Å²) < 4.78 is 5.21. The second kappa shape index (κ2) is 9.33. The van der Waals surface area contributed by atoms with Gasteiger partial charge in [0.1, 0.15) is 5.54 Å². The fourth-order valence-electron chi connectivity index (χ4n) is 5.11. The van der Waals surface area contributed by atoms with Crippen LogP contribution in [0.4, 0.5) is 0 Å². The second-order valence-corrected chi connectivity index (χ2v) is 8.30. The Morgan fingerprint density at radius 3 is 2.56 bits per heavy atom. The molecule has 0 aromatic carbocycles. The SMILES string of the molecule is COCCN1CCC[C@H](CNC(=O)C2(N3CCCC3)CCCCC2)C1. The lowest BCUT2D eigenvalue weighted by atomic mass is 9.79. The number of nitrogens with zero attached hydrogens (tertiary/aromatic N) is 2. The van der Waals surface area contributed by atoms with Crippen molar-refractivity contribution in [1.29, 1.82) is 0 Å². The van der Waals surface area contributed by atoms with E-state index < -0.39 is 0 Å². The van der Waals surface area contributed by atoms with Gasteiger partial charge < -0.3 is 15.0 Å². The molecule has 1 amide bonds. The number of carbonyl (C=O) groups is 1. The van der Waals surface area contributed by atoms with Gasteiger partial charge >= 0.3 is 0 Å². The summed E-state index contributed by atoms with van der Waals surface area (Å²) in [5.41, 5.74) is -0.195. The molecule has 0 bridgehead atoms. The number of rotatable bonds is 7. The van der Waals surface area contributed by atoms with Gasteiger partial charge in [0.2, 0.25) is 5.91 Å². The summed E-state index contributed by atoms with van der Waals surface area (Å²) in [4.78, 5) is 18.2. The highest BCUT2D eigenvalue weighted by Gasteiger charge is 2.45. The Balaban J connectivity index is 1.52. The van der Waals surface area contributed by atoms with Crippen LogP contribution in [-0.2, 0) is 9.53 Å². The number of nitrogens with one attached hydrogen (secondary N) is 1. The van der Waals surface area contributed by atoms with Crippen LogP contribution in [0.1, 0.15) is 57.8 Å². The molecule has 1 N–H and O–H groups in total. The van der Waals surface area contributed by atoms with Crippen LogP contribution in [0, 0.1) is 5.92 Å². The number of methoxy groups -OCH3 is 1. The Morgan fingerprint density at radius 2 is 1.84 bits per heavy atom. The van der Waals surface area contributed by atoms with E-state index in [1.807, 2.05) is 0 Å². The van der Waals surface area contributed by atoms with Crippen LogP contribution in [0.2, 0.25) is 0 Å². The van der Waals surface area contributed by atoms with Crippen molar-refractivity contribution in [2.24, 2.45) is 5.92 Å². The molecule has 25 heavy (non-hydrogen) atoms. The molecule has 0 aromatic rings. The zero-order chi connectivity index (χ0) is 17.5. The van der Waals surface area contributed by atoms with Gasteiger partial charge in [-0.1, -0.05) is 19.3 Å². The summed E-state index contributed by atoms with van der Waals surface area (Å²) in [5, 5.41) is 3.38. The maximum Gasteiger partial charge on any atom is 0.240 e. The minimum absolute atomic E-state index is 0.195. The van der Waals surface area contributed by atoms with Crippen molar-refractivity contribution in [2.45, 2.75) is 63.3 Å². The van der Waals surface area contributed by atoms with Crippen LogP contribution in [0.3, 0.4) is 0 Å². The summed E-state index contributed by atoms with van der Waals surface area (Å²) in [5.74, 6) is 0.914. The number of amides is 1. The molecule has 2 saturated heterocycles. The van der Waals surface area contributed by atoms with E-state index in [0.717, 1.165) is 52.2 Å². The van der Waals surface area contributed by atoms with Gasteiger partial charge in [0, 0.05) is 26.7 Å². The first-order valence-corrected chi connectivity index (χ1v) is 10.5. The molecule has 1 aliphatic carbocycles. The van der Waals surface area contributed by atoms with E-state index in [2.05, 4.69) is 15.1 Å². The lowest BCUT2D eigenvalue weighted by molar-refractivity contribution is -0.135. The largest absolute Gasteiger partial charge is 0.383 e. The molecule has 0 aromatic heterocycles. The normalized spacial score (nSPS) is 28.1. The summed E-state index contributed by atoms with van der Waals surface area (Å²) in [6.07, 6.45) is 10.8. The highest BCUT2D eigenvalue weighted by atomic mass is 16.5. The Labute approximate surface area is 153 Å². The third-order valence-corrected chi connectivity index (χ3v) is 6.58. The van der Waals surface area contributed by atoms with E-state index >= 15 is 0 Å². The average molecular weight is 352 g/mol. The van der Waals surface area contributed by atoms with Crippen LogP contribution in [0.15, 0.2) is 0 Å². The summed E-state index contributed by atoms with van der Waals surface area (Å²) >= 11 is 0. The van der Waals surface area contributed by atoms with Gasteiger partial charge in [-0.25, -0.2) is 0 Å². The van der Waals surface area contributed by atoms with Crippen LogP contribution < -0.4 is 5.32 Å². The number of hydrogen-bond donors (Lipinski definition) is 1. The van der Waals surface area contributed by atoms with E-state index in [1.165, 1.54) is 51.5 Å². The number of hydrogen-bond acceptors (Lipinski definition) is 4. The van der Waals surface area contributed by atoms with Crippen molar-refractivity contribution in [3.8, 4) is 0 Å². The smallest absolute Gasteiger partial charge is 0.240 e. The van der Waals surface area contributed by atoms with Crippen LogP contribution in [0.25, 0.3) is 0 Å². The molecule has 5 heteroatoms. The second-order valence-electron chi connectivity index (χ2n) is 8.30.